The van der Waals surface area contributed by atoms with Crippen molar-refractivity contribution >= 4 is 34.8 Å². The van der Waals surface area contributed by atoms with Crippen molar-refractivity contribution in [1.82, 2.24) is 10.2 Å². The molecule has 0 saturated heterocycles. The fourth-order valence-electron chi connectivity index (χ4n) is 2.15. The van der Waals surface area contributed by atoms with Gasteiger partial charge in [0.2, 0.25) is 0 Å². The van der Waals surface area contributed by atoms with Crippen LogP contribution in [0.2, 0.25) is 15.1 Å². The standard InChI is InChI=1S/C15H23Cl3N2/c1-4-20(5-2)10-6-9-19-11(3)12-7-8-13(16)15(18)14(12)17/h7-8,11,19H,4-6,9-10H2,1-3H3. The SMILES string of the molecule is CCN(CC)CCCNC(C)c1ccc(Cl)c(Cl)c1Cl. The highest BCUT2D eigenvalue weighted by Gasteiger charge is 2.13. The van der Waals surface area contributed by atoms with E-state index in [1.807, 2.05) is 6.07 Å². The Morgan fingerprint density at radius 1 is 1.10 bits per heavy atom. The van der Waals surface area contributed by atoms with Crippen molar-refractivity contribution in [3.63, 3.8) is 0 Å². The van der Waals surface area contributed by atoms with Crippen LogP contribution in [0.5, 0.6) is 0 Å². The van der Waals surface area contributed by atoms with Crippen LogP contribution < -0.4 is 5.32 Å². The van der Waals surface area contributed by atoms with E-state index < -0.39 is 0 Å². The molecular weight excluding hydrogens is 315 g/mol. The number of nitrogens with one attached hydrogen (secondary N) is 1. The van der Waals surface area contributed by atoms with E-state index in [9.17, 15) is 0 Å². The zero-order chi connectivity index (χ0) is 15.1. The first-order valence-corrected chi connectivity index (χ1v) is 8.23. The molecule has 1 atom stereocenters. The van der Waals surface area contributed by atoms with E-state index in [0.29, 0.717) is 15.1 Å². The first-order chi connectivity index (χ1) is 9.51. The maximum Gasteiger partial charge on any atom is 0.0781 e. The highest BCUT2D eigenvalue weighted by Crippen LogP contribution is 2.35. The molecule has 0 fully saturated rings. The summed E-state index contributed by atoms with van der Waals surface area (Å²) in [4.78, 5) is 2.42. The van der Waals surface area contributed by atoms with Crippen LogP contribution in [-0.2, 0) is 0 Å². The van der Waals surface area contributed by atoms with Crippen molar-refractivity contribution in [3.8, 4) is 0 Å². The molecule has 0 aliphatic heterocycles. The minimum Gasteiger partial charge on any atom is -0.310 e. The smallest absolute Gasteiger partial charge is 0.0781 e. The van der Waals surface area contributed by atoms with E-state index in [0.717, 1.165) is 38.2 Å². The molecule has 114 valence electrons. The Kier molecular flexibility index (Phi) is 8.23. The van der Waals surface area contributed by atoms with Crippen molar-refractivity contribution in [3.05, 3.63) is 32.8 Å². The minimum atomic E-state index is 0.161. The number of hydrogen-bond donors (Lipinski definition) is 1. The topological polar surface area (TPSA) is 15.3 Å². The molecule has 2 nitrogen and oxygen atoms in total. The van der Waals surface area contributed by atoms with Crippen LogP contribution in [0.4, 0.5) is 0 Å². The Balaban J connectivity index is 2.47. The van der Waals surface area contributed by atoms with Gasteiger partial charge in [-0.05, 0) is 51.2 Å². The number of nitrogens with zero attached hydrogens (tertiary/aromatic N) is 1. The van der Waals surface area contributed by atoms with Crippen molar-refractivity contribution in [2.24, 2.45) is 0 Å². The average Bonchev–Trinajstić information content (AvgIpc) is 2.45. The maximum absolute atomic E-state index is 6.24. The van der Waals surface area contributed by atoms with Gasteiger partial charge in [0.25, 0.3) is 0 Å². The van der Waals surface area contributed by atoms with Crippen LogP contribution in [0.3, 0.4) is 0 Å². The molecule has 5 heteroatoms. The van der Waals surface area contributed by atoms with Gasteiger partial charge in [-0.15, -0.1) is 0 Å². The van der Waals surface area contributed by atoms with Crippen molar-refractivity contribution < 1.29 is 0 Å². The Hall–Kier alpha value is 0.01000. The molecule has 1 aromatic carbocycles. The summed E-state index contributed by atoms with van der Waals surface area (Å²) in [6, 6.07) is 3.88. The molecule has 1 unspecified atom stereocenters. The molecule has 0 saturated carbocycles. The highest BCUT2D eigenvalue weighted by atomic mass is 35.5. The normalized spacial score (nSPS) is 12.9. The second kappa shape index (κ2) is 9.11. The molecular formula is C15H23Cl3N2. The van der Waals surface area contributed by atoms with E-state index in [-0.39, 0.29) is 6.04 Å². The molecule has 0 aromatic heterocycles. The van der Waals surface area contributed by atoms with Crippen LogP contribution in [0, 0.1) is 0 Å². The van der Waals surface area contributed by atoms with Crippen LogP contribution >= 0.6 is 34.8 Å². The zero-order valence-electron chi connectivity index (χ0n) is 12.3. The van der Waals surface area contributed by atoms with Gasteiger partial charge in [-0.2, -0.15) is 0 Å². The quantitative estimate of drug-likeness (QED) is 0.528. The summed E-state index contributed by atoms with van der Waals surface area (Å²) >= 11 is 18.2. The van der Waals surface area contributed by atoms with E-state index in [1.165, 1.54) is 0 Å². The summed E-state index contributed by atoms with van der Waals surface area (Å²) in [6.45, 7) is 10.7. The third-order valence-corrected chi connectivity index (χ3v) is 4.84. The summed E-state index contributed by atoms with van der Waals surface area (Å²) in [5.41, 5.74) is 0.990. The Morgan fingerprint density at radius 2 is 1.75 bits per heavy atom. The summed E-state index contributed by atoms with van der Waals surface area (Å²) in [6.07, 6.45) is 1.12. The van der Waals surface area contributed by atoms with Crippen LogP contribution in [0.1, 0.15) is 38.8 Å². The van der Waals surface area contributed by atoms with E-state index in [1.54, 1.807) is 6.07 Å². The lowest BCUT2D eigenvalue weighted by molar-refractivity contribution is 0.296. The monoisotopic (exact) mass is 336 g/mol. The van der Waals surface area contributed by atoms with Gasteiger partial charge in [0.05, 0.1) is 15.1 Å². The van der Waals surface area contributed by atoms with Crippen molar-refractivity contribution in [2.75, 3.05) is 26.2 Å². The Morgan fingerprint density at radius 3 is 2.35 bits per heavy atom. The summed E-state index contributed by atoms with van der Waals surface area (Å²) in [5, 5.41) is 4.95. The molecule has 0 aliphatic rings. The summed E-state index contributed by atoms with van der Waals surface area (Å²) in [5.74, 6) is 0. The zero-order valence-corrected chi connectivity index (χ0v) is 14.6. The lowest BCUT2D eigenvalue weighted by Gasteiger charge is -2.20. The molecule has 20 heavy (non-hydrogen) atoms. The highest BCUT2D eigenvalue weighted by molar-refractivity contribution is 6.48. The largest absolute Gasteiger partial charge is 0.310 e. The lowest BCUT2D eigenvalue weighted by atomic mass is 10.1. The number of halogens is 3. The molecule has 1 N–H and O–H groups in total. The minimum absolute atomic E-state index is 0.161. The van der Waals surface area contributed by atoms with Crippen molar-refractivity contribution in [2.45, 2.75) is 33.2 Å². The molecule has 0 bridgehead atoms. The van der Waals surface area contributed by atoms with E-state index in [4.69, 9.17) is 34.8 Å². The van der Waals surface area contributed by atoms with Gasteiger partial charge in [-0.3, -0.25) is 0 Å². The third kappa shape index (κ3) is 5.09. The molecule has 1 aromatic rings. The van der Waals surface area contributed by atoms with Gasteiger partial charge in [0.1, 0.15) is 0 Å². The lowest BCUT2D eigenvalue weighted by Crippen LogP contribution is -2.28. The Labute approximate surface area is 137 Å². The molecule has 0 radical (unpaired) electrons. The van der Waals surface area contributed by atoms with Gasteiger partial charge >= 0.3 is 0 Å². The van der Waals surface area contributed by atoms with E-state index >= 15 is 0 Å². The average molecular weight is 338 g/mol. The molecule has 0 spiro atoms. The summed E-state index contributed by atoms with van der Waals surface area (Å²) in [7, 11) is 0. The number of rotatable bonds is 8. The van der Waals surface area contributed by atoms with Gasteiger partial charge in [0, 0.05) is 6.04 Å². The van der Waals surface area contributed by atoms with Crippen LogP contribution in [0.25, 0.3) is 0 Å². The van der Waals surface area contributed by atoms with Crippen molar-refractivity contribution in [1.29, 1.82) is 0 Å². The first-order valence-electron chi connectivity index (χ1n) is 7.10. The van der Waals surface area contributed by atoms with Gasteiger partial charge in [0.15, 0.2) is 0 Å². The molecule has 1 rings (SSSR count). The number of benzene rings is 1. The van der Waals surface area contributed by atoms with Crippen LogP contribution in [-0.4, -0.2) is 31.1 Å². The van der Waals surface area contributed by atoms with Gasteiger partial charge < -0.3 is 10.2 Å². The molecule has 0 heterocycles. The fraction of sp³-hybridized carbons (Fsp3) is 0.600. The van der Waals surface area contributed by atoms with Crippen LogP contribution in [0.15, 0.2) is 12.1 Å². The Bertz CT molecular complexity index is 420. The molecule has 0 aliphatic carbocycles. The molecule has 0 amide bonds. The first kappa shape index (κ1) is 18.1. The second-order valence-electron chi connectivity index (χ2n) is 4.82. The van der Waals surface area contributed by atoms with Gasteiger partial charge in [-0.25, -0.2) is 0 Å². The number of hydrogen-bond acceptors (Lipinski definition) is 2. The maximum atomic E-state index is 6.24. The third-order valence-electron chi connectivity index (χ3n) is 3.53. The predicted octanol–water partition coefficient (Wildman–Crippen LogP) is 5.03. The predicted molar refractivity (Wildman–Crippen MR) is 90.3 cm³/mol. The summed E-state index contributed by atoms with van der Waals surface area (Å²) < 4.78 is 0. The fourth-order valence-corrected chi connectivity index (χ4v) is 2.85. The van der Waals surface area contributed by atoms with E-state index in [2.05, 4.69) is 31.0 Å². The second-order valence-corrected chi connectivity index (χ2v) is 5.98. The van der Waals surface area contributed by atoms with Gasteiger partial charge in [-0.1, -0.05) is 54.7 Å².